The molecular formula is C19H18N6O2. The van der Waals surface area contributed by atoms with Gasteiger partial charge in [0.25, 0.3) is 5.91 Å². The van der Waals surface area contributed by atoms with Gasteiger partial charge in [-0.3, -0.25) is 14.4 Å². The van der Waals surface area contributed by atoms with Crippen molar-refractivity contribution in [3.63, 3.8) is 0 Å². The number of anilines is 1. The Hall–Kier alpha value is -3.42. The maximum Gasteiger partial charge on any atom is 0.322 e. The average molecular weight is 362 g/mol. The molecule has 8 heteroatoms. The van der Waals surface area contributed by atoms with E-state index in [0.29, 0.717) is 31.9 Å². The fraction of sp³-hybridized carbons (Fsp3) is 0.263. The van der Waals surface area contributed by atoms with Gasteiger partial charge in [0.05, 0.1) is 23.4 Å². The van der Waals surface area contributed by atoms with Crippen LogP contribution in [-0.2, 0) is 0 Å². The van der Waals surface area contributed by atoms with Gasteiger partial charge in [-0.2, -0.15) is 5.10 Å². The van der Waals surface area contributed by atoms with E-state index in [0.717, 1.165) is 16.6 Å². The minimum absolute atomic E-state index is 0.0664. The molecule has 136 valence electrons. The molecule has 1 N–H and O–H groups in total. The highest BCUT2D eigenvalue weighted by atomic mass is 16.2. The average Bonchev–Trinajstić information content (AvgIpc) is 3.29. The third kappa shape index (κ3) is 2.69. The van der Waals surface area contributed by atoms with Gasteiger partial charge in [0.15, 0.2) is 0 Å². The molecule has 0 atom stereocenters. The van der Waals surface area contributed by atoms with Crippen molar-refractivity contribution in [3.8, 4) is 0 Å². The second kappa shape index (κ2) is 6.08. The second-order valence-electron chi connectivity index (χ2n) is 6.82. The van der Waals surface area contributed by atoms with Crippen LogP contribution in [0, 0.1) is 0 Å². The molecule has 0 unspecified atom stereocenters. The Labute approximate surface area is 155 Å². The molecular weight excluding hydrogens is 344 g/mol. The van der Waals surface area contributed by atoms with Gasteiger partial charge in [-0.15, -0.1) is 0 Å². The number of rotatable bonds is 3. The van der Waals surface area contributed by atoms with Crippen LogP contribution in [0.2, 0.25) is 0 Å². The Morgan fingerprint density at radius 1 is 1.15 bits per heavy atom. The van der Waals surface area contributed by atoms with Crippen LogP contribution >= 0.6 is 0 Å². The van der Waals surface area contributed by atoms with Crippen molar-refractivity contribution in [2.24, 2.45) is 0 Å². The molecule has 3 aromatic rings. The summed E-state index contributed by atoms with van der Waals surface area (Å²) in [5.74, 6) is -0.0664. The number of hydrogen-bond donors (Lipinski definition) is 1. The van der Waals surface area contributed by atoms with E-state index in [-0.39, 0.29) is 18.0 Å². The highest BCUT2D eigenvalue weighted by Crippen LogP contribution is 2.25. The van der Waals surface area contributed by atoms with Crippen LogP contribution in [0.5, 0.6) is 0 Å². The number of urea groups is 1. The molecule has 2 saturated heterocycles. The number of hydrogen-bond acceptors (Lipinski definition) is 4. The molecule has 2 aliphatic rings. The van der Waals surface area contributed by atoms with Crippen molar-refractivity contribution in [1.29, 1.82) is 0 Å². The molecule has 0 saturated carbocycles. The molecule has 0 radical (unpaired) electrons. The molecule has 3 amide bonds. The number of amides is 3. The summed E-state index contributed by atoms with van der Waals surface area (Å²) in [5, 5.41) is 8.16. The van der Waals surface area contributed by atoms with E-state index in [4.69, 9.17) is 0 Å². The summed E-state index contributed by atoms with van der Waals surface area (Å²) in [6.45, 7) is 2.46. The van der Waals surface area contributed by atoms with Crippen LogP contribution in [0.25, 0.3) is 10.9 Å². The van der Waals surface area contributed by atoms with Crippen molar-refractivity contribution < 1.29 is 9.59 Å². The maximum absolute atomic E-state index is 12.7. The van der Waals surface area contributed by atoms with E-state index in [1.54, 1.807) is 22.1 Å². The van der Waals surface area contributed by atoms with E-state index in [1.165, 1.54) is 0 Å². The van der Waals surface area contributed by atoms with E-state index >= 15 is 0 Å². The Bertz CT molecular complexity index is 1040. The summed E-state index contributed by atoms with van der Waals surface area (Å²) in [5.41, 5.74) is 2.06. The lowest BCUT2D eigenvalue weighted by atomic mass is 10.1. The number of carbonyl (C=O) groups excluding carboxylic acids is 2. The maximum atomic E-state index is 12.7. The van der Waals surface area contributed by atoms with Crippen molar-refractivity contribution in [2.45, 2.75) is 6.04 Å². The molecule has 8 nitrogen and oxygen atoms in total. The quantitative estimate of drug-likeness (QED) is 0.768. The summed E-state index contributed by atoms with van der Waals surface area (Å²) in [6, 6.07) is 11.5. The smallest absolute Gasteiger partial charge is 0.322 e. The first-order valence-corrected chi connectivity index (χ1v) is 8.93. The number of benzene rings is 1. The lowest BCUT2D eigenvalue weighted by molar-refractivity contribution is 0.0496. The summed E-state index contributed by atoms with van der Waals surface area (Å²) < 4.78 is 1.83. The van der Waals surface area contributed by atoms with Gasteiger partial charge in [-0.25, -0.2) is 9.78 Å². The number of para-hydroxylation sites is 1. The third-order valence-corrected chi connectivity index (χ3v) is 5.10. The number of nitrogens with one attached hydrogen (secondary N) is 1. The van der Waals surface area contributed by atoms with Crippen molar-refractivity contribution in [2.75, 3.05) is 31.1 Å². The molecule has 1 aromatic carbocycles. The zero-order valence-electron chi connectivity index (χ0n) is 14.6. The van der Waals surface area contributed by atoms with Crippen LogP contribution < -0.4 is 10.2 Å². The third-order valence-electron chi connectivity index (χ3n) is 5.10. The van der Waals surface area contributed by atoms with E-state index < -0.39 is 0 Å². The largest absolute Gasteiger partial charge is 0.336 e. The van der Waals surface area contributed by atoms with Crippen molar-refractivity contribution >= 4 is 28.5 Å². The number of aromatic nitrogens is 3. The van der Waals surface area contributed by atoms with Crippen LogP contribution in [0.1, 0.15) is 16.5 Å². The summed E-state index contributed by atoms with van der Waals surface area (Å²) in [6.07, 6.45) is 3.56. The molecule has 2 fully saturated rings. The molecule has 0 spiro atoms. The Morgan fingerprint density at radius 3 is 2.81 bits per heavy atom. The number of carbonyl (C=O) groups is 2. The minimum Gasteiger partial charge on any atom is -0.336 e. The predicted octanol–water partition coefficient (Wildman–Crippen LogP) is 1.66. The van der Waals surface area contributed by atoms with Crippen molar-refractivity contribution in [1.82, 2.24) is 25.0 Å². The molecule has 0 aliphatic carbocycles. The Balaban J connectivity index is 1.26. The zero-order valence-corrected chi connectivity index (χ0v) is 14.6. The topological polar surface area (TPSA) is 83.4 Å². The number of fused-ring (bicyclic) bond motifs is 1. The van der Waals surface area contributed by atoms with Gasteiger partial charge in [0.2, 0.25) is 0 Å². The second-order valence-corrected chi connectivity index (χ2v) is 6.82. The molecule has 2 aromatic heterocycles. The molecule has 2 aliphatic heterocycles. The van der Waals surface area contributed by atoms with Crippen LogP contribution in [0.4, 0.5) is 10.5 Å². The minimum atomic E-state index is -0.0951. The Morgan fingerprint density at radius 2 is 2.00 bits per heavy atom. The highest BCUT2D eigenvalue weighted by Gasteiger charge is 2.34. The van der Waals surface area contributed by atoms with Crippen molar-refractivity contribution in [3.05, 3.63) is 54.5 Å². The van der Waals surface area contributed by atoms with E-state index in [2.05, 4.69) is 15.4 Å². The number of likely N-dealkylation sites (tertiary alicyclic amines) is 1. The molecule has 0 bridgehead atoms. The lowest BCUT2D eigenvalue weighted by Crippen LogP contribution is -2.51. The molecule has 27 heavy (non-hydrogen) atoms. The van der Waals surface area contributed by atoms with E-state index in [1.807, 2.05) is 41.2 Å². The van der Waals surface area contributed by atoms with Gasteiger partial charge >= 0.3 is 6.03 Å². The first-order valence-electron chi connectivity index (χ1n) is 8.93. The summed E-state index contributed by atoms with van der Waals surface area (Å²) in [4.78, 5) is 32.3. The van der Waals surface area contributed by atoms with Gasteiger partial charge in [-0.1, -0.05) is 24.3 Å². The fourth-order valence-electron chi connectivity index (χ4n) is 3.52. The monoisotopic (exact) mass is 362 g/mol. The molecule has 4 heterocycles. The number of nitrogens with zero attached hydrogens (tertiary/aromatic N) is 5. The van der Waals surface area contributed by atoms with Gasteiger partial charge in [0.1, 0.15) is 5.69 Å². The lowest BCUT2D eigenvalue weighted by Gasteiger charge is -2.39. The zero-order chi connectivity index (χ0) is 18.4. The van der Waals surface area contributed by atoms with Gasteiger partial charge in [-0.05, 0) is 12.1 Å². The summed E-state index contributed by atoms with van der Waals surface area (Å²) >= 11 is 0. The fourth-order valence-corrected chi connectivity index (χ4v) is 3.52. The highest BCUT2D eigenvalue weighted by molar-refractivity contribution is 5.95. The van der Waals surface area contributed by atoms with Gasteiger partial charge in [0, 0.05) is 37.8 Å². The van der Waals surface area contributed by atoms with Gasteiger partial charge < -0.3 is 10.2 Å². The SMILES string of the molecule is O=C(c1ccc2ccccc2n1)N1CC(n2cc(N3CCNC3=O)cn2)C1. The standard InChI is InChI=1S/C19H18N6O2/c26-18(17-6-5-13-3-1-2-4-16(13)22-17)23-10-15(11-23)25-12-14(9-21-25)24-8-7-20-19(24)27/h1-6,9,12,15H,7-8,10-11H2,(H,20,27). The first-order chi connectivity index (χ1) is 13.2. The Kier molecular flexibility index (Phi) is 3.56. The van der Waals surface area contributed by atoms with Crippen LogP contribution in [0.3, 0.4) is 0 Å². The van der Waals surface area contributed by atoms with Crippen LogP contribution in [0.15, 0.2) is 48.8 Å². The molecule has 5 rings (SSSR count). The first kappa shape index (κ1) is 15.8. The number of pyridine rings is 1. The van der Waals surface area contributed by atoms with Crippen LogP contribution in [-0.4, -0.2) is 57.8 Å². The summed E-state index contributed by atoms with van der Waals surface area (Å²) in [7, 11) is 0. The van der Waals surface area contributed by atoms with E-state index in [9.17, 15) is 9.59 Å². The predicted molar refractivity (Wildman–Crippen MR) is 99.7 cm³/mol. The normalized spacial score (nSPS) is 17.3.